The van der Waals surface area contributed by atoms with Crippen LogP contribution in [0.5, 0.6) is 5.75 Å². The number of carbonyl (C=O) groups excluding carboxylic acids is 2. The smallest absolute Gasteiger partial charge is 0.245 e. The molecule has 1 atom stereocenters. The first-order valence-electron chi connectivity index (χ1n) is 11.1. The fourth-order valence-corrected chi connectivity index (χ4v) is 4.45. The van der Waals surface area contributed by atoms with Crippen molar-refractivity contribution in [2.45, 2.75) is 25.8 Å². The van der Waals surface area contributed by atoms with Crippen molar-refractivity contribution in [3.63, 3.8) is 0 Å². The molecular formula is C27H29N3O3. The van der Waals surface area contributed by atoms with Crippen LogP contribution in [0.1, 0.15) is 16.7 Å². The Balaban J connectivity index is 1.60. The molecular weight excluding hydrogens is 414 g/mol. The normalized spacial score (nSPS) is 16.1. The number of ether oxygens (including phenoxy) is 1. The first-order valence-corrected chi connectivity index (χ1v) is 11.1. The number of amides is 2. The molecule has 0 saturated carbocycles. The molecule has 33 heavy (non-hydrogen) atoms. The van der Waals surface area contributed by atoms with E-state index in [1.165, 1.54) is 0 Å². The van der Waals surface area contributed by atoms with Crippen molar-refractivity contribution in [3.8, 4) is 16.9 Å². The summed E-state index contributed by atoms with van der Waals surface area (Å²) in [5.74, 6) is 0.740. The molecule has 1 aliphatic rings. The topological polar surface area (TPSA) is 62.7 Å². The van der Waals surface area contributed by atoms with Crippen LogP contribution in [0.4, 0.5) is 0 Å². The lowest BCUT2D eigenvalue weighted by atomic mass is 9.93. The number of methoxy groups -OCH3 is 1. The number of benzene rings is 2. The Morgan fingerprint density at radius 1 is 1.09 bits per heavy atom. The molecule has 0 radical (unpaired) electrons. The minimum Gasteiger partial charge on any atom is -0.496 e. The molecule has 0 bridgehead atoms. The van der Waals surface area contributed by atoms with Crippen LogP contribution in [0.3, 0.4) is 0 Å². The molecule has 1 saturated heterocycles. The van der Waals surface area contributed by atoms with Gasteiger partial charge in [-0.3, -0.25) is 14.6 Å². The van der Waals surface area contributed by atoms with E-state index in [-0.39, 0.29) is 18.2 Å². The number of rotatable bonds is 6. The van der Waals surface area contributed by atoms with E-state index in [9.17, 15) is 9.59 Å². The third-order valence-electron chi connectivity index (χ3n) is 6.27. The third-order valence-corrected chi connectivity index (χ3v) is 6.27. The number of aryl methyl sites for hydroxylation is 1. The number of hydrogen-bond acceptors (Lipinski definition) is 4. The van der Waals surface area contributed by atoms with Crippen molar-refractivity contribution >= 4 is 11.8 Å². The Hall–Kier alpha value is -3.67. The Bertz CT molecular complexity index is 1150. The molecule has 1 aromatic heterocycles. The number of hydrogen-bond donors (Lipinski definition) is 0. The van der Waals surface area contributed by atoms with Crippen LogP contribution < -0.4 is 4.74 Å². The van der Waals surface area contributed by atoms with E-state index in [0.29, 0.717) is 19.5 Å². The van der Waals surface area contributed by atoms with Crippen LogP contribution in [0.2, 0.25) is 0 Å². The zero-order valence-electron chi connectivity index (χ0n) is 19.3. The van der Waals surface area contributed by atoms with Crippen molar-refractivity contribution in [2.75, 3.05) is 27.2 Å². The molecule has 6 nitrogen and oxygen atoms in total. The highest BCUT2D eigenvalue weighted by Gasteiger charge is 2.36. The summed E-state index contributed by atoms with van der Waals surface area (Å²) in [7, 11) is 3.44. The molecule has 2 aromatic carbocycles. The standard InChI is InChI=1S/C27H29N3O3/c1-19-16-20(8-9-25(19)33-3)17-26(31)30-15-14-29(2)27(32)24(30)18-22-6-4-5-7-23(22)21-10-12-28-13-11-21/h4-13,16,24H,14-15,17-18H2,1-3H3. The zero-order valence-corrected chi connectivity index (χ0v) is 19.3. The molecule has 1 unspecified atom stereocenters. The molecule has 170 valence electrons. The minimum atomic E-state index is -0.529. The number of likely N-dealkylation sites (N-methyl/N-ethyl adjacent to an activating group) is 1. The third kappa shape index (κ3) is 4.90. The first-order chi connectivity index (χ1) is 16.0. The molecule has 1 fully saturated rings. The Morgan fingerprint density at radius 3 is 2.58 bits per heavy atom. The zero-order chi connectivity index (χ0) is 23.4. The minimum absolute atomic E-state index is 0.0231. The summed E-state index contributed by atoms with van der Waals surface area (Å²) in [6, 6.07) is 17.2. The van der Waals surface area contributed by atoms with Crippen LogP contribution in [-0.2, 0) is 22.4 Å². The lowest BCUT2D eigenvalue weighted by molar-refractivity contribution is -0.149. The lowest BCUT2D eigenvalue weighted by Crippen LogP contribution is -2.58. The highest BCUT2D eigenvalue weighted by atomic mass is 16.5. The van der Waals surface area contributed by atoms with Gasteiger partial charge in [0.1, 0.15) is 11.8 Å². The summed E-state index contributed by atoms with van der Waals surface area (Å²) in [6.07, 6.45) is 4.25. The van der Waals surface area contributed by atoms with Gasteiger partial charge >= 0.3 is 0 Å². The number of piperazine rings is 1. The van der Waals surface area contributed by atoms with Crippen LogP contribution in [0.25, 0.3) is 11.1 Å². The summed E-state index contributed by atoms with van der Waals surface area (Å²) in [5, 5.41) is 0. The van der Waals surface area contributed by atoms with E-state index < -0.39 is 6.04 Å². The Morgan fingerprint density at radius 2 is 1.85 bits per heavy atom. The fraction of sp³-hybridized carbons (Fsp3) is 0.296. The molecule has 2 amide bonds. The summed E-state index contributed by atoms with van der Waals surface area (Å²) >= 11 is 0. The molecule has 6 heteroatoms. The maximum Gasteiger partial charge on any atom is 0.245 e. The molecule has 0 spiro atoms. The van der Waals surface area contributed by atoms with E-state index in [1.54, 1.807) is 36.4 Å². The van der Waals surface area contributed by atoms with Gasteiger partial charge in [0.05, 0.1) is 13.5 Å². The maximum atomic E-state index is 13.4. The van der Waals surface area contributed by atoms with Gasteiger partial charge in [0, 0.05) is 39.0 Å². The predicted octanol–water partition coefficient (Wildman–Crippen LogP) is 3.52. The number of pyridine rings is 1. The monoisotopic (exact) mass is 443 g/mol. The van der Waals surface area contributed by atoms with E-state index in [4.69, 9.17) is 4.74 Å². The van der Waals surface area contributed by atoms with Gasteiger partial charge in [-0.2, -0.15) is 0 Å². The van der Waals surface area contributed by atoms with Crippen molar-refractivity contribution in [3.05, 3.63) is 83.7 Å². The molecule has 4 rings (SSSR count). The number of carbonyl (C=O) groups is 2. The van der Waals surface area contributed by atoms with Gasteiger partial charge in [-0.1, -0.05) is 36.4 Å². The van der Waals surface area contributed by atoms with E-state index in [1.807, 2.05) is 61.5 Å². The molecule has 0 N–H and O–H groups in total. The second-order valence-electron chi connectivity index (χ2n) is 8.44. The van der Waals surface area contributed by atoms with E-state index in [2.05, 4.69) is 4.98 Å². The largest absolute Gasteiger partial charge is 0.496 e. The van der Waals surface area contributed by atoms with E-state index in [0.717, 1.165) is 33.6 Å². The number of aromatic nitrogens is 1. The SMILES string of the molecule is COc1ccc(CC(=O)N2CCN(C)C(=O)C2Cc2ccccc2-c2ccncc2)cc1C. The van der Waals surface area contributed by atoms with Crippen molar-refractivity contribution < 1.29 is 14.3 Å². The average Bonchev–Trinajstić information content (AvgIpc) is 2.83. The highest BCUT2D eigenvalue weighted by Crippen LogP contribution is 2.27. The van der Waals surface area contributed by atoms with Gasteiger partial charge in [-0.25, -0.2) is 0 Å². The van der Waals surface area contributed by atoms with E-state index >= 15 is 0 Å². The summed E-state index contributed by atoms with van der Waals surface area (Å²) in [6.45, 7) is 3.03. The summed E-state index contributed by atoms with van der Waals surface area (Å²) in [4.78, 5) is 34.1. The van der Waals surface area contributed by atoms with Crippen LogP contribution in [-0.4, -0.2) is 59.9 Å². The Kier molecular flexibility index (Phi) is 6.73. The van der Waals surface area contributed by atoms with Crippen molar-refractivity contribution in [2.24, 2.45) is 0 Å². The van der Waals surface area contributed by atoms with Crippen LogP contribution in [0.15, 0.2) is 67.0 Å². The van der Waals surface area contributed by atoms with Gasteiger partial charge in [-0.15, -0.1) is 0 Å². The molecule has 2 heterocycles. The van der Waals surface area contributed by atoms with Gasteiger partial charge in [-0.05, 0) is 52.9 Å². The second kappa shape index (κ2) is 9.86. The van der Waals surface area contributed by atoms with Gasteiger partial charge < -0.3 is 14.5 Å². The van der Waals surface area contributed by atoms with Gasteiger partial charge in [0.15, 0.2) is 0 Å². The summed E-state index contributed by atoms with van der Waals surface area (Å²) in [5.41, 5.74) is 5.04. The Labute approximate surface area is 194 Å². The van der Waals surface area contributed by atoms with Crippen LogP contribution >= 0.6 is 0 Å². The molecule has 3 aromatic rings. The summed E-state index contributed by atoms with van der Waals surface area (Å²) < 4.78 is 5.33. The number of nitrogens with zero attached hydrogens (tertiary/aromatic N) is 3. The lowest BCUT2D eigenvalue weighted by Gasteiger charge is -2.39. The quantitative estimate of drug-likeness (QED) is 0.585. The second-order valence-corrected chi connectivity index (χ2v) is 8.44. The van der Waals surface area contributed by atoms with Gasteiger partial charge in [0.2, 0.25) is 11.8 Å². The highest BCUT2D eigenvalue weighted by molar-refractivity contribution is 5.90. The van der Waals surface area contributed by atoms with Crippen molar-refractivity contribution in [1.29, 1.82) is 0 Å². The fourth-order valence-electron chi connectivity index (χ4n) is 4.45. The predicted molar refractivity (Wildman–Crippen MR) is 128 cm³/mol. The van der Waals surface area contributed by atoms with Gasteiger partial charge in [0.25, 0.3) is 0 Å². The maximum absolute atomic E-state index is 13.4. The molecule has 0 aliphatic carbocycles. The first kappa shape index (κ1) is 22.5. The molecule has 1 aliphatic heterocycles. The van der Waals surface area contributed by atoms with Crippen molar-refractivity contribution in [1.82, 2.24) is 14.8 Å². The average molecular weight is 444 g/mol. The van der Waals surface area contributed by atoms with Crippen LogP contribution in [0, 0.1) is 6.92 Å².